The first-order valence-corrected chi connectivity index (χ1v) is 6.93. The van der Waals surface area contributed by atoms with Crippen LogP contribution in [-0.2, 0) is 6.42 Å². The average molecular weight is 314 g/mol. The maximum absolute atomic E-state index is 13.8. The monoisotopic (exact) mass is 313 g/mol. The fourth-order valence-corrected chi connectivity index (χ4v) is 2.36. The van der Waals surface area contributed by atoms with E-state index in [2.05, 4.69) is 35.1 Å². The van der Waals surface area contributed by atoms with Gasteiger partial charge in [-0.05, 0) is 53.5 Å². The van der Waals surface area contributed by atoms with Crippen LogP contribution in [0.25, 0.3) is 11.0 Å². The van der Waals surface area contributed by atoms with E-state index in [1.807, 2.05) is 0 Å². The zero-order chi connectivity index (χ0) is 13.1. The fourth-order valence-electron chi connectivity index (χ4n) is 1.93. The molecule has 2 aromatic rings. The van der Waals surface area contributed by atoms with Gasteiger partial charge in [-0.25, -0.2) is 4.39 Å². The molecule has 0 amide bonds. The molecule has 0 aliphatic carbocycles. The first-order valence-electron chi connectivity index (χ1n) is 6.14. The molecule has 2 nitrogen and oxygen atoms in total. The molecule has 1 aromatic heterocycles. The molecule has 0 atom stereocenters. The first-order chi connectivity index (χ1) is 8.59. The Hall–Kier alpha value is -0.870. The molecule has 18 heavy (non-hydrogen) atoms. The molecule has 1 aromatic carbocycles. The van der Waals surface area contributed by atoms with E-state index in [1.165, 1.54) is 6.07 Å². The second kappa shape index (κ2) is 5.85. The highest BCUT2D eigenvalue weighted by Crippen LogP contribution is 2.30. The molecule has 4 heteroatoms. The van der Waals surface area contributed by atoms with Crippen molar-refractivity contribution in [2.75, 3.05) is 13.1 Å². The van der Waals surface area contributed by atoms with Crippen LogP contribution in [0.2, 0.25) is 0 Å². The third-order valence-electron chi connectivity index (χ3n) is 2.82. The summed E-state index contributed by atoms with van der Waals surface area (Å²) in [6, 6.07) is 3.13. The van der Waals surface area contributed by atoms with Gasteiger partial charge in [0.1, 0.15) is 5.82 Å². The van der Waals surface area contributed by atoms with E-state index in [0.29, 0.717) is 16.9 Å². The number of rotatable bonds is 5. The Kier molecular flexibility index (Phi) is 4.40. The van der Waals surface area contributed by atoms with Crippen molar-refractivity contribution in [3.63, 3.8) is 0 Å². The molecule has 0 aliphatic rings. The normalized spacial score (nSPS) is 11.6. The van der Waals surface area contributed by atoms with Gasteiger partial charge in [0.15, 0.2) is 5.58 Å². The number of hydrogen-bond acceptors (Lipinski definition) is 2. The van der Waals surface area contributed by atoms with Crippen molar-refractivity contribution in [1.29, 1.82) is 0 Å². The summed E-state index contributed by atoms with van der Waals surface area (Å²) < 4.78 is 20.0. The number of halogens is 2. The zero-order valence-corrected chi connectivity index (χ0v) is 12.2. The van der Waals surface area contributed by atoms with E-state index in [0.717, 1.165) is 29.5 Å². The van der Waals surface area contributed by atoms with Gasteiger partial charge in [-0.1, -0.05) is 13.8 Å². The van der Waals surface area contributed by atoms with Crippen molar-refractivity contribution in [3.8, 4) is 0 Å². The minimum Gasteiger partial charge on any atom is -0.463 e. The summed E-state index contributed by atoms with van der Waals surface area (Å²) in [6.07, 6.45) is 2.42. The van der Waals surface area contributed by atoms with Crippen molar-refractivity contribution in [3.05, 3.63) is 34.2 Å². The van der Waals surface area contributed by atoms with E-state index in [4.69, 9.17) is 4.42 Å². The van der Waals surface area contributed by atoms with E-state index in [-0.39, 0.29) is 5.82 Å². The molecular weight excluding hydrogens is 297 g/mol. The van der Waals surface area contributed by atoms with Crippen LogP contribution in [0.15, 0.2) is 27.3 Å². The Morgan fingerprint density at radius 3 is 2.89 bits per heavy atom. The smallest absolute Gasteiger partial charge is 0.151 e. The minimum atomic E-state index is -0.221. The minimum absolute atomic E-state index is 0.221. The van der Waals surface area contributed by atoms with Crippen molar-refractivity contribution >= 4 is 26.9 Å². The van der Waals surface area contributed by atoms with Crippen molar-refractivity contribution < 1.29 is 8.81 Å². The predicted molar refractivity (Wildman–Crippen MR) is 75.3 cm³/mol. The standard InChI is InChI=1S/C14H17BrFNO/c1-9(2)7-17-6-5-10-8-18-14-11(15)3-4-12(16)13(10)14/h3-4,8-9,17H,5-7H2,1-2H3. The molecule has 0 unspecified atom stereocenters. The number of hydrogen-bond donors (Lipinski definition) is 1. The summed E-state index contributed by atoms with van der Waals surface area (Å²) in [5.41, 5.74) is 1.51. The third kappa shape index (κ3) is 2.93. The van der Waals surface area contributed by atoms with Crippen LogP contribution >= 0.6 is 15.9 Å². The second-order valence-corrected chi connectivity index (χ2v) is 5.70. The van der Waals surface area contributed by atoms with Crippen molar-refractivity contribution in [2.45, 2.75) is 20.3 Å². The van der Waals surface area contributed by atoms with Crippen LogP contribution in [0, 0.1) is 11.7 Å². The van der Waals surface area contributed by atoms with Crippen molar-refractivity contribution in [1.82, 2.24) is 5.32 Å². The SMILES string of the molecule is CC(C)CNCCc1coc2c(Br)ccc(F)c12. The van der Waals surface area contributed by atoms with Gasteiger partial charge in [-0.15, -0.1) is 0 Å². The summed E-state index contributed by atoms with van der Waals surface area (Å²) in [7, 11) is 0. The molecule has 0 saturated heterocycles. The quantitative estimate of drug-likeness (QED) is 0.840. The molecular formula is C14H17BrFNO. The molecule has 0 spiro atoms. The van der Waals surface area contributed by atoms with Crippen LogP contribution < -0.4 is 5.32 Å². The number of nitrogens with one attached hydrogen (secondary N) is 1. The van der Waals surface area contributed by atoms with E-state index in [1.54, 1.807) is 12.3 Å². The van der Waals surface area contributed by atoms with Crippen LogP contribution in [0.4, 0.5) is 4.39 Å². The lowest BCUT2D eigenvalue weighted by Crippen LogP contribution is -2.22. The molecule has 0 bridgehead atoms. The van der Waals surface area contributed by atoms with Crippen LogP contribution in [-0.4, -0.2) is 13.1 Å². The van der Waals surface area contributed by atoms with Gasteiger partial charge < -0.3 is 9.73 Å². The van der Waals surface area contributed by atoms with Gasteiger partial charge in [0.05, 0.1) is 16.1 Å². The maximum Gasteiger partial charge on any atom is 0.151 e. The topological polar surface area (TPSA) is 25.2 Å². The van der Waals surface area contributed by atoms with Gasteiger partial charge >= 0.3 is 0 Å². The summed E-state index contributed by atoms with van der Waals surface area (Å²) >= 11 is 3.37. The molecule has 0 saturated carbocycles. The lowest BCUT2D eigenvalue weighted by Gasteiger charge is -2.06. The van der Waals surface area contributed by atoms with Crippen LogP contribution in [0.3, 0.4) is 0 Å². The van der Waals surface area contributed by atoms with Crippen LogP contribution in [0.1, 0.15) is 19.4 Å². The Balaban J connectivity index is 2.12. The largest absolute Gasteiger partial charge is 0.463 e. The molecule has 2 rings (SSSR count). The maximum atomic E-state index is 13.8. The summed E-state index contributed by atoms with van der Waals surface area (Å²) in [6.45, 7) is 6.13. The average Bonchev–Trinajstić information content (AvgIpc) is 2.74. The van der Waals surface area contributed by atoms with Gasteiger partial charge in [0.2, 0.25) is 0 Å². The highest BCUT2D eigenvalue weighted by Gasteiger charge is 2.13. The zero-order valence-electron chi connectivity index (χ0n) is 10.6. The molecule has 0 aliphatic heterocycles. The Labute approximate surface area is 115 Å². The summed E-state index contributed by atoms with van der Waals surface area (Å²) in [4.78, 5) is 0. The molecule has 0 radical (unpaired) electrons. The number of benzene rings is 1. The lowest BCUT2D eigenvalue weighted by molar-refractivity contribution is 0.551. The van der Waals surface area contributed by atoms with E-state index in [9.17, 15) is 4.39 Å². The van der Waals surface area contributed by atoms with E-state index < -0.39 is 0 Å². The molecule has 1 N–H and O–H groups in total. The Bertz CT molecular complexity index is 536. The number of fused-ring (bicyclic) bond motifs is 1. The Morgan fingerprint density at radius 1 is 1.39 bits per heavy atom. The highest BCUT2D eigenvalue weighted by molar-refractivity contribution is 9.10. The van der Waals surface area contributed by atoms with Gasteiger partial charge in [0, 0.05) is 5.56 Å². The molecule has 98 valence electrons. The highest BCUT2D eigenvalue weighted by atomic mass is 79.9. The summed E-state index contributed by atoms with van der Waals surface area (Å²) in [5.74, 6) is 0.401. The Morgan fingerprint density at radius 2 is 2.17 bits per heavy atom. The molecule has 1 heterocycles. The second-order valence-electron chi connectivity index (χ2n) is 4.84. The van der Waals surface area contributed by atoms with Crippen LogP contribution in [0.5, 0.6) is 0 Å². The fraction of sp³-hybridized carbons (Fsp3) is 0.429. The molecule has 0 fully saturated rings. The predicted octanol–water partition coefficient (Wildman–Crippen LogP) is 4.12. The van der Waals surface area contributed by atoms with Gasteiger partial charge in [-0.3, -0.25) is 0 Å². The van der Waals surface area contributed by atoms with E-state index >= 15 is 0 Å². The van der Waals surface area contributed by atoms with Gasteiger partial charge in [-0.2, -0.15) is 0 Å². The summed E-state index contributed by atoms with van der Waals surface area (Å²) in [5, 5.41) is 3.94. The lowest BCUT2D eigenvalue weighted by atomic mass is 10.1. The van der Waals surface area contributed by atoms with Crippen molar-refractivity contribution in [2.24, 2.45) is 5.92 Å². The number of furan rings is 1. The van der Waals surface area contributed by atoms with Gasteiger partial charge in [0.25, 0.3) is 0 Å². The third-order valence-corrected chi connectivity index (χ3v) is 3.45. The first kappa shape index (κ1) is 13.6.